The number of hydrogen-bond donors (Lipinski definition) is 1. The molecule has 0 unspecified atom stereocenters. The fraction of sp³-hybridized carbons (Fsp3) is 0. The van der Waals surface area contributed by atoms with E-state index in [-0.39, 0.29) is 19.7 Å². The van der Waals surface area contributed by atoms with Gasteiger partial charge in [0.2, 0.25) is 0 Å². The Morgan fingerprint density at radius 2 is 1.39 bits per heavy atom. The van der Waals surface area contributed by atoms with Crippen molar-refractivity contribution in [3.8, 4) is 0 Å². The van der Waals surface area contributed by atoms with Crippen LogP contribution in [-0.4, -0.2) is 19.7 Å². The van der Waals surface area contributed by atoms with Gasteiger partial charge in [0.05, 0.1) is 0 Å². The number of carbonyl (C=O) groups is 1. The summed E-state index contributed by atoms with van der Waals surface area (Å²) in [5.41, 5.74) is 1.57. The number of benzene rings is 3. The molecule has 3 aromatic carbocycles. The zero-order valence-corrected chi connectivity index (χ0v) is 14.8. The first-order valence-corrected chi connectivity index (χ1v) is 10.9. The van der Waals surface area contributed by atoms with E-state index in [4.69, 9.17) is 0 Å². The van der Waals surface area contributed by atoms with E-state index in [0.29, 0.717) is 0 Å². The maximum absolute atomic E-state index is 12.5. The zero-order valence-electron chi connectivity index (χ0n) is 12.3. The summed E-state index contributed by atoms with van der Waals surface area (Å²) in [5.74, 6) is -0.0534. The van der Waals surface area contributed by atoms with Gasteiger partial charge in [-0.1, -0.05) is 0 Å². The number of amides is 1. The van der Waals surface area contributed by atoms with Crippen LogP contribution < -0.4 is 9.78 Å². The monoisotopic (exact) mass is 385 g/mol. The van der Waals surface area contributed by atoms with Gasteiger partial charge >= 0.3 is 146 Å². The molecule has 23 heavy (non-hydrogen) atoms. The van der Waals surface area contributed by atoms with Gasteiger partial charge in [-0.05, 0) is 0 Å². The summed E-state index contributed by atoms with van der Waals surface area (Å²) in [7, 11) is 1.79. The molecule has 0 aliphatic rings. The van der Waals surface area contributed by atoms with Gasteiger partial charge in [-0.15, -0.1) is 0 Å². The molecule has 0 saturated carbocycles. The van der Waals surface area contributed by atoms with Crippen molar-refractivity contribution in [1.29, 1.82) is 0 Å². The summed E-state index contributed by atoms with van der Waals surface area (Å²) in [6, 6.07) is 27.6. The first kappa shape index (κ1) is 15.9. The van der Waals surface area contributed by atoms with Crippen molar-refractivity contribution >= 4 is 40.1 Å². The molecule has 3 aromatic rings. The Morgan fingerprint density at radius 3 is 2.13 bits per heavy atom. The van der Waals surface area contributed by atoms with Gasteiger partial charge in [0.15, 0.2) is 0 Å². The first-order valence-electron chi connectivity index (χ1n) is 7.18. The van der Waals surface area contributed by atoms with Gasteiger partial charge in [0.25, 0.3) is 0 Å². The van der Waals surface area contributed by atoms with Crippen molar-refractivity contribution in [1.82, 2.24) is 0 Å². The molecule has 0 radical (unpaired) electrons. The molecule has 2 nitrogen and oxygen atoms in total. The predicted molar refractivity (Wildman–Crippen MR) is 98.5 cm³/mol. The van der Waals surface area contributed by atoms with Gasteiger partial charge in [-0.25, -0.2) is 0 Å². The number of anilines is 1. The zero-order chi connectivity index (χ0) is 15.9. The van der Waals surface area contributed by atoms with Crippen LogP contribution in [0.2, 0.25) is 0 Å². The van der Waals surface area contributed by atoms with Crippen LogP contribution in [0.5, 0.6) is 0 Å². The Labute approximate surface area is 145 Å². The number of para-hydroxylation sites is 1. The first-order chi connectivity index (χ1) is 11.3. The van der Waals surface area contributed by atoms with Crippen molar-refractivity contribution in [2.45, 2.75) is 4.90 Å². The number of carbonyl (C=O) groups excluding carboxylic acids is 1. The molecule has 1 N–H and O–H groups in total. The van der Waals surface area contributed by atoms with Gasteiger partial charge in [0.1, 0.15) is 0 Å². The standard InChI is InChI=1S/C19H15NOSSe/c21-19(20-15-9-3-1-4-10-15)17-13-7-8-14-18(17)23-22-16-11-5-2-6-12-16/h1-14H,(H,20,21). The molecule has 0 spiro atoms. The second kappa shape index (κ2) is 8.02. The predicted octanol–water partition coefficient (Wildman–Crippen LogP) is 3.98. The molecule has 0 heterocycles. The Bertz CT molecular complexity index is 778. The Balaban J connectivity index is 1.73. The van der Waals surface area contributed by atoms with Crippen LogP contribution in [0.25, 0.3) is 0 Å². The normalized spacial score (nSPS) is 10.3. The number of hydrogen-bond acceptors (Lipinski definition) is 2. The summed E-state index contributed by atoms with van der Waals surface area (Å²) in [5, 5.41) is 2.96. The molecule has 0 fully saturated rings. The van der Waals surface area contributed by atoms with Crippen molar-refractivity contribution < 1.29 is 4.79 Å². The van der Waals surface area contributed by atoms with Crippen LogP contribution in [0.3, 0.4) is 0 Å². The molecule has 3 rings (SSSR count). The van der Waals surface area contributed by atoms with E-state index in [2.05, 4.69) is 17.4 Å². The van der Waals surface area contributed by atoms with Gasteiger partial charge in [-0.2, -0.15) is 0 Å². The molecule has 1 amide bonds. The summed E-state index contributed by atoms with van der Waals surface area (Å²) in [4.78, 5) is 13.8. The average Bonchev–Trinajstić information content (AvgIpc) is 2.62. The molecule has 0 aliphatic carbocycles. The van der Waals surface area contributed by atoms with E-state index in [1.165, 1.54) is 4.90 Å². The Morgan fingerprint density at radius 1 is 0.783 bits per heavy atom. The number of nitrogens with one attached hydrogen (secondary N) is 1. The molecule has 0 saturated heterocycles. The minimum atomic E-state index is -0.0534. The summed E-state index contributed by atoms with van der Waals surface area (Å²) < 4.78 is 1.10. The van der Waals surface area contributed by atoms with Gasteiger partial charge < -0.3 is 0 Å². The SMILES string of the molecule is O=C(Nc1ccccc1)c1ccccc1[Se]Sc1ccccc1. The van der Waals surface area contributed by atoms with Gasteiger partial charge in [0, 0.05) is 0 Å². The van der Waals surface area contributed by atoms with Crippen LogP contribution in [0, 0.1) is 0 Å². The fourth-order valence-corrected chi connectivity index (χ4v) is 5.90. The third-order valence-electron chi connectivity index (χ3n) is 3.13. The van der Waals surface area contributed by atoms with Crippen molar-refractivity contribution in [3.05, 3.63) is 90.5 Å². The number of rotatable bonds is 5. The Hall–Kier alpha value is -2.00. The minimum absolute atomic E-state index is 0.0534. The van der Waals surface area contributed by atoms with Crippen LogP contribution in [0.1, 0.15) is 10.4 Å². The van der Waals surface area contributed by atoms with E-state index >= 15 is 0 Å². The molecule has 0 bridgehead atoms. The molecular formula is C19H15NOSSe. The average molecular weight is 384 g/mol. The Kier molecular flexibility index (Phi) is 5.54. The summed E-state index contributed by atoms with van der Waals surface area (Å²) >= 11 is 0.145. The third-order valence-corrected chi connectivity index (χ3v) is 7.47. The van der Waals surface area contributed by atoms with E-state index in [1.807, 2.05) is 72.8 Å². The van der Waals surface area contributed by atoms with Crippen molar-refractivity contribution in [2.24, 2.45) is 0 Å². The third kappa shape index (κ3) is 4.49. The van der Waals surface area contributed by atoms with Crippen molar-refractivity contribution in [2.75, 3.05) is 5.32 Å². The van der Waals surface area contributed by atoms with Crippen LogP contribution >= 0.6 is 10.2 Å². The molecule has 0 aliphatic heterocycles. The summed E-state index contributed by atoms with van der Waals surface area (Å²) in [6.45, 7) is 0. The van der Waals surface area contributed by atoms with E-state index < -0.39 is 0 Å². The molecule has 0 atom stereocenters. The fourth-order valence-electron chi connectivity index (χ4n) is 2.02. The summed E-state index contributed by atoms with van der Waals surface area (Å²) in [6.07, 6.45) is 0. The van der Waals surface area contributed by atoms with E-state index in [0.717, 1.165) is 15.7 Å². The van der Waals surface area contributed by atoms with Crippen molar-refractivity contribution in [3.63, 3.8) is 0 Å². The second-order valence-electron chi connectivity index (χ2n) is 4.80. The topological polar surface area (TPSA) is 29.1 Å². The second-order valence-corrected chi connectivity index (χ2v) is 8.62. The van der Waals surface area contributed by atoms with Gasteiger partial charge in [-0.3, -0.25) is 0 Å². The van der Waals surface area contributed by atoms with Crippen LogP contribution in [-0.2, 0) is 0 Å². The quantitative estimate of drug-likeness (QED) is 0.675. The van der Waals surface area contributed by atoms with Crippen LogP contribution in [0.15, 0.2) is 89.8 Å². The molecule has 0 aromatic heterocycles. The van der Waals surface area contributed by atoms with Crippen LogP contribution in [0.4, 0.5) is 5.69 Å². The van der Waals surface area contributed by atoms with E-state index in [1.54, 1.807) is 10.2 Å². The van der Waals surface area contributed by atoms with E-state index in [9.17, 15) is 4.79 Å². The molecule has 114 valence electrons. The molecule has 4 heteroatoms. The maximum atomic E-state index is 12.5. The molecular weight excluding hydrogens is 369 g/mol.